The molecule has 0 amide bonds. The highest BCUT2D eigenvalue weighted by molar-refractivity contribution is 6.36. The fraction of sp³-hybridized carbons (Fsp3) is 0.176. The third-order valence-corrected chi connectivity index (χ3v) is 3.16. The molecule has 0 aliphatic heterocycles. The van der Waals surface area contributed by atoms with Gasteiger partial charge in [-0.15, -0.1) is 0 Å². The van der Waals surface area contributed by atoms with E-state index in [9.17, 15) is 14.9 Å². The lowest BCUT2D eigenvalue weighted by atomic mass is 10.3. The van der Waals surface area contributed by atoms with Crippen LogP contribution in [0.4, 0.5) is 17.1 Å². The zero-order valence-corrected chi connectivity index (χ0v) is 14.3. The molecule has 0 aromatic heterocycles. The first-order chi connectivity index (χ1) is 12.5. The van der Waals surface area contributed by atoms with Crippen LogP contribution in [0, 0.1) is 10.1 Å². The molecule has 0 aliphatic carbocycles. The highest BCUT2D eigenvalue weighted by Gasteiger charge is 2.13. The van der Waals surface area contributed by atoms with Gasteiger partial charge >= 0.3 is 5.97 Å². The van der Waals surface area contributed by atoms with E-state index >= 15 is 0 Å². The molecule has 136 valence electrons. The number of esters is 1. The maximum absolute atomic E-state index is 12.1. The predicted octanol–water partition coefficient (Wildman–Crippen LogP) is 2.81. The van der Waals surface area contributed by atoms with E-state index in [0.717, 1.165) is 0 Å². The second-order valence-corrected chi connectivity index (χ2v) is 4.94. The summed E-state index contributed by atoms with van der Waals surface area (Å²) in [5.74, 6) is -0.103. The van der Waals surface area contributed by atoms with E-state index in [4.69, 9.17) is 9.47 Å². The van der Waals surface area contributed by atoms with Gasteiger partial charge in [-0.3, -0.25) is 21.0 Å². The van der Waals surface area contributed by atoms with Crippen LogP contribution in [0.3, 0.4) is 0 Å². The normalized spacial score (nSPS) is 10.8. The number of nitrogens with zero attached hydrogens (tertiary/aromatic N) is 2. The third kappa shape index (κ3) is 5.20. The number of aliphatic imine (C=N–C) groups is 1. The molecule has 0 unspecified atom stereocenters. The molecule has 0 heterocycles. The van der Waals surface area contributed by atoms with Crippen LogP contribution in [0.5, 0.6) is 5.75 Å². The summed E-state index contributed by atoms with van der Waals surface area (Å²) in [6, 6.07) is 12.6. The Morgan fingerprint density at radius 1 is 1.23 bits per heavy atom. The van der Waals surface area contributed by atoms with Crippen molar-refractivity contribution >= 4 is 28.9 Å². The van der Waals surface area contributed by atoms with E-state index in [1.807, 2.05) is 0 Å². The first kappa shape index (κ1) is 18.7. The number of hydrogen-bond acceptors (Lipinski definition) is 7. The molecule has 0 saturated carbocycles. The second-order valence-electron chi connectivity index (χ2n) is 4.94. The van der Waals surface area contributed by atoms with Gasteiger partial charge in [-0.2, -0.15) is 0 Å². The largest absolute Gasteiger partial charge is 0.497 e. The van der Waals surface area contributed by atoms with Crippen LogP contribution < -0.4 is 15.6 Å². The lowest BCUT2D eigenvalue weighted by Crippen LogP contribution is -2.36. The number of amidine groups is 1. The van der Waals surface area contributed by atoms with Crippen molar-refractivity contribution in [1.82, 2.24) is 5.43 Å². The van der Waals surface area contributed by atoms with E-state index in [0.29, 0.717) is 17.1 Å². The molecule has 0 bridgehead atoms. The summed E-state index contributed by atoms with van der Waals surface area (Å²) < 4.78 is 10.0. The van der Waals surface area contributed by atoms with Crippen LogP contribution in [0.2, 0.25) is 0 Å². The zero-order chi connectivity index (χ0) is 18.9. The standard InChI is InChI=1S/C17H18N4O5/c1-3-26-17(22)16(18-12-7-9-15(25-2)10-8-12)20-19-13-5-4-6-14(11-13)21(23)24/h4-11,19H,3H2,1-2H3,(H,18,20). The maximum atomic E-state index is 12.1. The van der Waals surface area contributed by atoms with Crippen LogP contribution >= 0.6 is 0 Å². The Bertz CT molecular complexity index is 805. The molecule has 26 heavy (non-hydrogen) atoms. The van der Waals surface area contributed by atoms with Crippen LogP contribution in [0.25, 0.3) is 0 Å². The molecule has 2 aromatic carbocycles. The summed E-state index contributed by atoms with van der Waals surface area (Å²) in [6.07, 6.45) is 0. The van der Waals surface area contributed by atoms with E-state index in [2.05, 4.69) is 15.8 Å². The number of nitro groups is 1. The van der Waals surface area contributed by atoms with Gasteiger partial charge in [0.05, 0.1) is 30.0 Å². The van der Waals surface area contributed by atoms with Crippen LogP contribution in [0.1, 0.15) is 6.92 Å². The number of anilines is 1. The van der Waals surface area contributed by atoms with Crippen molar-refractivity contribution in [3.63, 3.8) is 0 Å². The molecule has 9 nitrogen and oxygen atoms in total. The minimum Gasteiger partial charge on any atom is -0.497 e. The Balaban J connectivity index is 2.19. The average molecular weight is 358 g/mol. The Hall–Kier alpha value is -3.62. The number of nitro benzene ring substituents is 1. The number of rotatable bonds is 6. The van der Waals surface area contributed by atoms with Crippen LogP contribution in [-0.4, -0.2) is 30.4 Å². The summed E-state index contributed by atoms with van der Waals surface area (Å²) in [5, 5.41) is 10.8. The number of benzene rings is 2. The number of methoxy groups -OCH3 is 1. The summed E-state index contributed by atoms with van der Waals surface area (Å²) in [4.78, 5) is 26.6. The van der Waals surface area contributed by atoms with Gasteiger partial charge in [0.1, 0.15) is 5.75 Å². The molecule has 9 heteroatoms. The first-order valence-corrected chi connectivity index (χ1v) is 7.70. The molecule has 2 aromatic rings. The molecule has 0 atom stereocenters. The zero-order valence-electron chi connectivity index (χ0n) is 14.3. The Kier molecular flexibility index (Phi) is 6.49. The molecule has 0 fully saturated rings. The lowest BCUT2D eigenvalue weighted by Gasteiger charge is -2.11. The Morgan fingerprint density at radius 2 is 1.96 bits per heavy atom. The number of non-ortho nitro benzene ring substituents is 1. The van der Waals surface area contributed by atoms with Crippen molar-refractivity contribution in [3.05, 3.63) is 58.6 Å². The van der Waals surface area contributed by atoms with Gasteiger partial charge in [-0.25, -0.2) is 9.79 Å². The van der Waals surface area contributed by atoms with Crippen molar-refractivity contribution in [1.29, 1.82) is 0 Å². The van der Waals surface area contributed by atoms with E-state index in [-0.39, 0.29) is 18.1 Å². The quantitative estimate of drug-likeness (QED) is 0.268. The van der Waals surface area contributed by atoms with E-state index in [1.54, 1.807) is 44.4 Å². The van der Waals surface area contributed by atoms with E-state index in [1.165, 1.54) is 18.2 Å². The molecule has 0 aliphatic rings. The minimum absolute atomic E-state index is 0.0819. The molecular formula is C17H18N4O5. The topological polar surface area (TPSA) is 115 Å². The van der Waals surface area contributed by atoms with E-state index < -0.39 is 10.9 Å². The Morgan fingerprint density at radius 3 is 2.58 bits per heavy atom. The molecule has 2 rings (SSSR count). The van der Waals surface area contributed by atoms with Gasteiger partial charge in [-0.05, 0) is 37.3 Å². The summed E-state index contributed by atoms with van der Waals surface area (Å²) in [5.41, 5.74) is 6.16. The molecular weight excluding hydrogens is 340 g/mol. The molecule has 0 saturated heterocycles. The number of hydrazine groups is 1. The number of nitrogens with one attached hydrogen (secondary N) is 2. The molecule has 0 spiro atoms. The van der Waals surface area contributed by atoms with Gasteiger partial charge in [0.2, 0.25) is 5.84 Å². The molecule has 0 radical (unpaired) electrons. The highest BCUT2D eigenvalue weighted by atomic mass is 16.6. The van der Waals surface area contributed by atoms with Crippen molar-refractivity contribution in [2.75, 3.05) is 19.1 Å². The summed E-state index contributed by atoms with van der Waals surface area (Å²) in [7, 11) is 1.55. The fourth-order valence-corrected chi connectivity index (χ4v) is 1.94. The van der Waals surface area contributed by atoms with Crippen molar-refractivity contribution < 1.29 is 19.2 Å². The summed E-state index contributed by atoms with van der Waals surface area (Å²) in [6.45, 7) is 1.86. The van der Waals surface area contributed by atoms with Crippen molar-refractivity contribution in [2.24, 2.45) is 4.99 Å². The smallest absolute Gasteiger partial charge is 0.375 e. The van der Waals surface area contributed by atoms with Gasteiger partial charge in [0.15, 0.2) is 0 Å². The predicted molar refractivity (Wildman–Crippen MR) is 96.6 cm³/mol. The average Bonchev–Trinajstić information content (AvgIpc) is 2.66. The minimum atomic E-state index is -0.666. The SMILES string of the molecule is CCOC(=O)C(=Nc1ccc(OC)cc1)NNc1cccc([N+](=O)[O-])c1. The van der Waals surface area contributed by atoms with Crippen molar-refractivity contribution in [3.8, 4) is 5.75 Å². The van der Waals surface area contributed by atoms with Crippen LogP contribution in [-0.2, 0) is 9.53 Å². The van der Waals surface area contributed by atoms with Gasteiger partial charge in [-0.1, -0.05) is 6.07 Å². The van der Waals surface area contributed by atoms with Gasteiger partial charge in [0.25, 0.3) is 5.69 Å². The number of ether oxygens (including phenoxy) is 2. The first-order valence-electron chi connectivity index (χ1n) is 7.70. The third-order valence-electron chi connectivity index (χ3n) is 3.16. The lowest BCUT2D eigenvalue weighted by molar-refractivity contribution is -0.384. The second kappa shape index (κ2) is 9.02. The van der Waals surface area contributed by atoms with Crippen LogP contribution in [0.15, 0.2) is 53.5 Å². The van der Waals surface area contributed by atoms with Gasteiger partial charge in [0, 0.05) is 12.1 Å². The highest BCUT2D eigenvalue weighted by Crippen LogP contribution is 2.18. The van der Waals surface area contributed by atoms with Gasteiger partial charge < -0.3 is 9.47 Å². The number of carbonyl (C=O) groups excluding carboxylic acids is 1. The number of hydrogen-bond donors (Lipinski definition) is 2. The maximum Gasteiger partial charge on any atom is 0.375 e. The Labute approximate surface area is 149 Å². The summed E-state index contributed by atoms with van der Waals surface area (Å²) >= 11 is 0. The molecule has 2 N–H and O–H groups in total. The fourth-order valence-electron chi connectivity index (χ4n) is 1.94. The van der Waals surface area contributed by atoms with Crippen molar-refractivity contribution in [2.45, 2.75) is 6.92 Å². The monoisotopic (exact) mass is 358 g/mol. The number of carbonyl (C=O) groups is 1.